The number of anilines is 1. The number of phenolic OH excluding ortho intramolecular Hbond substituents is 1. The van der Waals surface area contributed by atoms with Crippen molar-refractivity contribution >= 4 is 27.8 Å². The third-order valence-corrected chi connectivity index (χ3v) is 4.97. The maximum atomic E-state index is 10.4. The molecule has 1 aliphatic heterocycles. The molecule has 0 bridgehead atoms. The summed E-state index contributed by atoms with van der Waals surface area (Å²) in [5.74, 6) is 1.20. The van der Waals surface area contributed by atoms with Crippen molar-refractivity contribution in [2.45, 2.75) is 19.0 Å². The van der Waals surface area contributed by atoms with Crippen molar-refractivity contribution in [1.82, 2.24) is 19.7 Å². The van der Waals surface area contributed by atoms with Crippen molar-refractivity contribution in [3.05, 3.63) is 49.5 Å². The number of aryl methyl sites for hydroxylation is 1. The average Bonchev–Trinajstić information content (AvgIpc) is 3.34. The third kappa shape index (κ3) is 5.70. The molecule has 4 aromatic rings. The zero-order valence-corrected chi connectivity index (χ0v) is 19.9. The Morgan fingerprint density at radius 2 is 1.59 bits per heavy atom. The van der Waals surface area contributed by atoms with Crippen molar-refractivity contribution in [2.75, 3.05) is 18.0 Å². The van der Waals surface area contributed by atoms with Gasteiger partial charge in [-0.15, -0.1) is 0 Å². The van der Waals surface area contributed by atoms with Crippen LogP contribution in [0.5, 0.6) is 5.75 Å². The standard InChI is InChI=1S/C20H19N5O.C2H2F3.Na/c1-24-12-13-10-14(19(26)11-18(13)23-24)15-4-5-17-16(21-15)6-7-20(22-17)25-8-2-3-9-25;1-2(3,4)5;/h4-7,10-12,26H,2-3,8-9H2,1H3;1H2;/q;-1;+1. The topological polar surface area (TPSA) is 67.1 Å². The molecule has 6 nitrogen and oxygen atoms in total. The van der Waals surface area contributed by atoms with Crippen molar-refractivity contribution in [2.24, 2.45) is 7.05 Å². The van der Waals surface area contributed by atoms with E-state index in [-0.39, 0.29) is 35.3 Å². The van der Waals surface area contributed by atoms with Crippen molar-refractivity contribution < 1.29 is 47.8 Å². The van der Waals surface area contributed by atoms with Gasteiger partial charge in [-0.1, -0.05) is 0 Å². The molecule has 0 amide bonds. The molecular formula is C22H21F3N5NaO. The number of benzene rings is 1. The van der Waals surface area contributed by atoms with Crippen LogP contribution in [0.4, 0.5) is 19.0 Å². The first-order chi connectivity index (χ1) is 14.7. The molecule has 0 unspecified atom stereocenters. The number of pyridine rings is 2. The number of nitrogens with zero attached hydrogens (tertiary/aromatic N) is 5. The number of hydrogen-bond donors (Lipinski definition) is 1. The van der Waals surface area contributed by atoms with E-state index >= 15 is 0 Å². The number of halogens is 3. The van der Waals surface area contributed by atoms with Crippen LogP contribution in [0.3, 0.4) is 0 Å². The van der Waals surface area contributed by atoms with E-state index in [0.29, 0.717) is 5.56 Å². The third-order valence-electron chi connectivity index (χ3n) is 4.97. The monoisotopic (exact) mass is 451 g/mol. The summed E-state index contributed by atoms with van der Waals surface area (Å²) in [7, 11) is 1.87. The Labute approximate surface area is 205 Å². The Kier molecular flexibility index (Phi) is 7.32. The van der Waals surface area contributed by atoms with Crippen LogP contribution in [0.25, 0.3) is 33.2 Å². The van der Waals surface area contributed by atoms with Gasteiger partial charge in [0.25, 0.3) is 6.18 Å². The Bertz CT molecular complexity index is 1230. The minimum absolute atomic E-state index is 0. The zero-order chi connectivity index (χ0) is 22.2. The van der Waals surface area contributed by atoms with Gasteiger partial charge >= 0.3 is 29.6 Å². The summed E-state index contributed by atoms with van der Waals surface area (Å²) in [6.45, 7) is 3.92. The number of aromatic nitrogens is 4. The molecule has 0 radical (unpaired) electrons. The number of alkyl halides is 3. The summed E-state index contributed by atoms with van der Waals surface area (Å²) in [6, 6.07) is 11.6. The van der Waals surface area contributed by atoms with Gasteiger partial charge in [0.2, 0.25) is 0 Å². The largest absolute Gasteiger partial charge is 1.00 e. The van der Waals surface area contributed by atoms with Crippen LogP contribution in [-0.4, -0.2) is 44.1 Å². The van der Waals surface area contributed by atoms with Crippen molar-refractivity contribution in [3.8, 4) is 17.0 Å². The quantitative estimate of drug-likeness (QED) is 0.373. The second-order valence-electron chi connectivity index (χ2n) is 7.44. The van der Waals surface area contributed by atoms with Gasteiger partial charge in [-0.3, -0.25) is 4.68 Å². The molecule has 1 saturated heterocycles. The SMILES string of the molecule is Cn1cc2cc(-c3ccc4nc(N5CCCC5)ccc4n3)c(O)cc2n1.[CH2-]C(F)(F)F.[Na+]. The molecular weight excluding hydrogens is 430 g/mol. The van der Waals surface area contributed by atoms with Crippen LogP contribution in [0.15, 0.2) is 42.6 Å². The van der Waals surface area contributed by atoms with E-state index in [1.54, 1.807) is 17.7 Å². The van der Waals surface area contributed by atoms with Crippen LogP contribution >= 0.6 is 0 Å². The molecule has 1 fully saturated rings. The summed E-state index contributed by atoms with van der Waals surface area (Å²) in [6.07, 6.45) is 0.142. The van der Waals surface area contributed by atoms with E-state index in [2.05, 4.69) is 10.00 Å². The van der Waals surface area contributed by atoms with Crippen molar-refractivity contribution in [3.63, 3.8) is 0 Å². The number of fused-ring (bicyclic) bond motifs is 2. The Morgan fingerprint density at radius 1 is 0.969 bits per heavy atom. The van der Waals surface area contributed by atoms with Gasteiger partial charge in [0.1, 0.15) is 11.6 Å². The molecule has 0 aliphatic carbocycles. The maximum absolute atomic E-state index is 10.4. The average molecular weight is 451 g/mol. The minimum atomic E-state index is -4.25. The van der Waals surface area contributed by atoms with Gasteiger partial charge in [-0.25, -0.2) is 30.1 Å². The molecule has 1 aromatic carbocycles. The van der Waals surface area contributed by atoms with Crippen LogP contribution in [-0.2, 0) is 7.05 Å². The first-order valence-electron chi connectivity index (χ1n) is 9.79. The summed E-state index contributed by atoms with van der Waals surface area (Å²) in [4.78, 5) is 11.8. The van der Waals surface area contributed by atoms with Gasteiger partial charge in [-0.05, 0) is 43.2 Å². The van der Waals surface area contributed by atoms with Gasteiger partial charge in [0.05, 0.1) is 22.2 Å². The fraction of sp³-hybridized carbons (Fsp3) is 0.273. The van der Waals surface area contributed by atoms with Gasteiger partial charge in [-0.2, -0.15) is 5.10 Å². The van der Waals surface area contributed by atoms with Crippen LogP contribution in [0, 0.1) is 6.92 Å². The number of phenols is 1. The van der Waals surface area contributed by atoms with E-state index in [9.17, 15) is 18.3 Å². The molecule has 4 heterocycles. The van der Waals surface area contributed by atoms with E-state index in [1.807, 2.05) is 43.6 Å². The van der Waals surface area contributed by atoms with Gasteiger partial charge in [0.15, 0.2) is 0 Å². The molecule has 3 aromatic heterocycles. The van der Waals surface area contributed by atoms with Gasteiger partial charge < -0.3 is 10.0 Å². The summed E-state index contributed by atoms with van der Waals surface area (Å²) < 4.78 is 32.5. The predicted molar refractivity (Wildman–Crippen MR) is 114 cm³/mol. The molecule has 10 heteroatoms. The Morgan fingerprint density at radius 3 is 2.28 bits per heavy atom. The smallest absolute Gasteiger partial charge is 0.507 e. The van der Waals surface area contributed by atoms with E-state index in [1.165, 1.54) is 12.8 Å². The van der Waals surface area contributed by atoms with E-state index < -0.39 is 6.18 Å². The summed E-state index contributed by atoms with van der Waals surface area (Å²) in [5, 5.41) is 15.7. The summed E-state index contributed by atoms with van der Waals surface area (Å²) in [5.41, 5.74) is 3.91. The number of hydrogen-bond acceptors (Lipinski definition) is 5. The van der Waals surface area contributed by atoms with E-state index in [0.717, 1.165) is 46.5 Å². The second-order valence-corrected chi connectivity index (χ2v) is 7.44. The Balaban J connectivity index is 0.000000438. The minimum Gasteiger partial charge on any atom is -0.507 e. The van der Waals surface area contributed by atoms with Crippen LogP contribution in [0.2, 0.25) is 0 Å². The second kappa shape index (κ2) is 9.64. The molecule has 5 rings (SSSR count). The summed E-state index contributed by atoms with van der Waals surface area (Å²) >= 11 is 0. The first-order valence-corrected chi connectivity index (χ1v) is 9.79. The zero-order valence-electron chi connectivity index (χ0n) is 17.9. The van der Waals surface area contributed by atoms with Gasteiger partial charge in [0, 0.05) is 43.4 Å². The molecule has 1 aliphatic rings. The number of aromatic hydroxyl groups is 1. The van der Waals surface area contributed by atoms with Crippen LogP contribution in [0.1, 0.15) is 12.8 Å². The molecule has 32 heavy (non-hydrogen) atoms. The first kappa shape index (κ1) is 24.3. The Hall–Kier alpha value is -2.36. The fourth-order valence-electron chi connectivity index (χ4n) is 3.66. The predicted octanol–water partition coefficient (Wildman–Crippen LogP) is 1.88. The molecule has 162 valence electrons. The molecule has 0 atom stereocenters. The van der Waals surface area contributed by atoms with E-state index in [4.69, 9.17) is 9.97 Å². The molecule has 1 N–H and O–H groups in total. The molecule has 0 saturated carbocycles. The molecule has 0 spiro atoms. The number of rotatable bonds is 2. The van der Waals surface area contributed by atoms with Crippen LogP contribution < -0.4 is 34.5 Å². The maximum Gasteiger partial charge on any atom is 1.00 e. The fourth-order valence-corrected chi connectivity index (χ4v) is 3.66. The van der Waals surface area contributed by atoms with Crippen molar-refractivity contribution in [1.29, 1.82) is 0 Å². The normalized spacial score (nSPS) is 13.7.